The number of fused-ring (bicyclic) bond motifs is 1. The van der Waals surface area contributed by atoms with Gasteiger partial charge in [0.05, 0.1) is 6.54 Å². The van der Waals surface area contributed by atoms with Gasteiger partial charge < -0.3 is 4.90 Å². The van der Waals surface area contributed by atoms with E-state index in [0.29, 0.717) is 17.5 Å². The number of aromatic amines is 1. The van der Waals surface area contributed by atoms with Gasteiger partial charge in [-0.3, -0.25) is 19.3 Å². The molecule has 0 spiro atoms. The molecule has 1 aliphatic rings. The van der Waals surface area contributed by atoms with Gasteiger partial charge >= 0.3 is 0 Å². The maximum absolute atomic E-state index is 12.3. The van der Waals surface area contributed by atoms with E-state index >= 15 is 0 Å². The fourth-order valence-corrected chi connectivity index (χ4v) is 2.89. The van der Waals surface area contributed by atoms with Crippen LogP contribution in [0.3, 0.4) is 0 Å². The van der Waals surface area contributed by atoms with Crippen LogP contribution in [0.4, 0.5) is 0 Å². The second-order valence-electron chi connectivity index (χ2n) is 4.35. The third-order valence-electron chi connectivity index (χ3n) is 2.99. The molecule has 0 radical (unpaired) electrons. The Morgan fingerprint density at radius 2 is 2.40 bits per heavy atom. The average molecular weight is 292 g/mol. The van der Waals surface area contributed by atoms with E-state index in [1.807, 2.05) is 0 Å². The van der Waals surface area contributed by atoms with Crippen LogP contribution in [0.25, 0.3) is 0 Å². The first-order valence-corrected chi connectivity index (χ1v) is 6.97. The molecule has 0 aromatic carbocycles. The lowest BCUT2D eigenvalue weighted by molar-refractivity contribution is 0.0778. The van der Waals surface area contributed by atoms with E-state index < -0.39 is 0 Å². The molecule has 3 rings (SSSR count). The van der Waals surface area contributed by atoms with Crippen molar-refractivity contribution in [1.29, 1.82) is 0 Å². The number of aromatic nitrogens is 5. The van der Waals surface area contributed by atoms with Crippen LogP contribution < -0.4 is 5.56 Å². The minimum Gasteiger partial charge on any atom is -0.334 e. The molecule has 0 fully saturated rings. The smallest absolute Gasteiger partial charge is 0.267 e. The molecular weight excluding hydrogens is 280 g/mol. The number of hydrogen-bond donors (Lipinski definition) is 1. The van der Waals surface area contributed by atoms with Crippen LogP contribution in [-0.2, 0) is 13.1 Å². The van der Waals surface area contributed by atoms with E-state index in [1.54, 1.807) is 11.6 Å². The number of H-pyrrole nitrogens is 1. The molecule has 2 aromatic heterocycles. The second kappa shape index (κ2) is 5.08. The Morgan fingerprint density at radius 1 is 1.55 bits per heavy atom. The molecule has 0 bridgehead atoms. The highest BCUT2D eigenvalue weighted by atomic mass is 32.2. The summed E-state index contributed by atoms with van der Waals surface area (Å²) in [6.45, 7) is 0.855. The van der Waals surface area contributed by atoms with Gasteiger partial charge in [-0.25, -0.2) is 9.97 Å². The highest BCUT2D eigenvalue weighted by Gasteiger charge is 2.22. The standard InChI is InChI=1S/C11H12N6O2S/c1-16(5-8-13-6-14-15-8)9(18)7-4-12-11-17(10(7)19)2-3-20-11/h4,6H,2-3,5H2,1H3,(H,13,14,15). The van der Waals surface area contributed by atoms with Crippen LogP contribution in [0.5, 0.6) is 0 Å². The summed E-state index contributed by atoms with van der Waals surface area (Å²) in [6.07, 6.45) is 2.72. The van der Waals surface area contributed by atoms with Crippen molar-refractivity contribution in [3.8, 4) is 0 Å². The van der Waals surface area contributed by atoms with E-state index in [4.69, 9.17) is 0 Å². The van der Waals surface area contributed by atoms with Crippen molar-refractivity contribution in [3.63, 3.8) is 0 Å². The number of thioether (sulfide) groups is 1. The molecule has 0 atom stereocenters. The first-order valence-electron chi connectivity index (χ1n) is 5.99. The number of amides is 1. The highest BCUT2D eigenvalue weighted by molar-refractivity contribution is 7.99. The summed E-state index contributed by atoms with van der Waals surface area (Å²) in [5.74, 6) is 1.00. The molecule has 1 N–H and O–H groups in total. The van der Waals surface area contributed by atoms with Crippen molar-refractivity contribution in [2.24, 2.45) is 0 Å². The minimum absolute atomic E-state index is 0.0817. The Bertz CT molecular complexity index is 695. The Balaban J connectivity index is 1.86. The van der Waals surface area contributed by atoms with E-state index in [-0.39, 0.29) is 23.6 Å². The first kappa shape index (κ1) is 12.9. The zero-order valence-electron chi connectivity index (χ0n) is 10.7. The summed E-state index contributed by atoms with van der Waals surface area (Å²) in [5.41, 5.74) is -0.201. The van der Waals surface area contributed by atoms with Crippen LogP contribution in [0.15, 0.2) is 22.5 Å². The molecule has 3 heterocycles. The summed E-state index contributed by atoms with van der Waals surface area (Å²) in [7, 11) is 1.61. The van der Waals surface area contributed by atoms with E-state index in [2.05, 4.69) is 20.2 Å². The van der Waals surface area contributed by atoms with Gasteiger partial charge in [-0.05, 0) is 0 Å². The molecule has 1 amide bonds. The van der Waals surface area contributed by atoms with Crippen molar-refractivity contribution in [2.75, 3.05) is 12.8 Å². The van der Waals surface area contributed by atoms with Crippen LogP contribution >= 0.6 is 11.8 Å². The summed E-state index contributed by atoms with van der Waals surface area (Å²) < 4.78 is 1.54. The molecule has 0 unspecified atom stereocenters. The predicted molar refractivity (Wildman–Crippen MR) is 71.4 cm³/mol. The maximum Gasteiger partial charge on any atom is 0.267 e. The largest absolute Gasteiger partial charge is 0.334 e. The Kier molecular flexibility index (Phi) is 3.26. The zero-order valence-corrected chi connectivity index (χ0v) is 11.6. The van der Waals surface area contributed by atoms with Crippen molar-refractivity contribution in [3.05, 3.63) is 34.3 Å². The highest BCUT2D eigenvalue weighted by Crippen LogP contribution is 2.20. The Morgan fingerprint density at radius 3 is 3.15 bits per heavy atom. The number of hydrogen-bond acceptors (Lipinski definition) is 6. The number of nitrogens with one attached hydrogen (secondary N) is 1. The fourth-order valence-electron chi connectivity index (χ4n) is 1.97. The molecule has 0 saturated heterocycles. The third kappa shape index (κ3) is 2.20. The van der Waals surface area contributed by atoms with E-state index in [1.165, 1.54) is 29.2 Å². The number of nitrogens with zero attached hydrogens (tertiary/aromatic N) is 5. The Labute approximate surface area is 118 Å². The van der Waals surface area contributed by atoms with Crippen LogP contribution in [-0.4, -0.2) is 48.3 Å². The summed E-state index contributed by atoms with van der Waals surface area (Å²) in [6, 6.07) is 0. The monoisotopic (exact) mass is 292 g/mol. The SMILES string of the molecule is CN(Cc1ncn[nH]1)C(=O)c1cnc2n(c1=O)CCS2. The molecule has 9 heteroatoms. The minimum atomic E-state index is -0.369. The molecule has 0 saturated carbocycles. The van der Waals surface area contributed by atoms with Gasteiger partial charge in [0.1, 0.15) is 17.7 Å². The lowest BCUT2D eigenvalue weighted by Crippen LogP contribution is -2.34. The molecular formula is C11H12N6O2S. The second-order valence-corrected chi connectivity index (χ2v) is 5.42. The fraction of sp³-hybridized carbons (Fsp3) is 0.364. The van der Waals surface area contributed by atoms with Gasteiger partial charge in [0.25, 0.3) is 11.5 Å². The predicted octanol–water partition coefficient (Wildman–Crippen LogP) is -0.261. The van der Waals surface area contributed by atoms with Gasteiger partial charge in [0.2, 0.25) is 0 Å². The van der Waals surface area contributed by atoms with Crippen LogP contribution in [0, 0.1) is 0 Å². The number of carbonyl (C=O) groups is 1. The normalized spacial score (nSPS) is 13.2. The average Bonchev–Trinajstić information content (AvgIpc) is 3.09. The lowest BCUT2D eigenvalue weighted by atomic mass is 10.3. The van der Waals surface area contributed by atoms with Gasteiger partial charge in [-0.1, -0.05) is 11.8 Å². The molecule has 0 aliphatic carbocycles. The van der Waals surface area contributed by atoms with Gasteiger partial charge in [0, 0.05) is 25.5 Å². The number of rotatable bonds is 3. The first-order chi connectivity index (χ1) is 9.66. The maximum atomic E-state index is 12.3. The van der Waals surface area contributed by atoms with Crippen molar-refractivity contribution in [1.82, 2.24) is 29.6 Å². The van der Waals surface area contributed by atoms with Crippen molar-refractivity contribution < 1.29 is 4.79 Å². The molecule has 20 heavy (non-hydrogen) atoms. The topological polar surface area (TPSA) is 96.8 Å². The summed E-state index contributed by atoms with van der Waals surface area (Å²) in [5, 5.41) is 7.06. The number of carbonyl (C=O) groups excluding carboxylic acids is 1. The van der Waals surface area contributed by atoms with Gasteiger partial charge in [0.15, 0.2) is 5.16 Å². The Hall–Kier alpha value is -2.16. The molecule has 104 valence electrons. The lowest BCUT2D eigenvalue weighted by Gasteiger charge is -2.15. The summed E-state index contributed by atoms with van der Waals surface area (Å²) in [4.78, 5) is 34.1. The van der Waals surface area contributed by atoms with Crippen LogP contribution in [0.2, 0.25) is 0 Å². The van der Waals surface area contributed by atoms with E-state index in [0.717, 1.165) is 5.75 Å². The molecule has 8 nitrogen and oxygen atoms in total. The van der Waals surface area contributed by atoms with Crippen molar-refractivity contribution >= 4 is 17.7 Å². The third-order valence-corrected chi connectivity index (χ3v) is 3.96. The van der Waals surface area contributed by atoms with Crippen LogP contribution in [0.1, 0.15) is 16.2 Å². The van der Waals surface area contributed by atoms with Gasteiger partial charge in [-0.15, -0.1) is 0 Å². The molecule has 1 aliphatic heterocycles. The molecule has 2 aromatic rings. The summed E-state index contributed by atoms with van der Waals surface area (Å²) >= 11 is 1.52. The van der Waals surface area contributed by atoms with Gasteiger partial charge in [-0.2, -0.15) is 5.10 Å². The quantitative estimate of drug-likeness (QED) is 0.783. The van der Waals surface area contributed by atoms with Crippen molar-refractivity contribution in [2.45, 2.75) is 18.2 Å². The van der Waals surface area contributed by atoms with E-state index in [9.17, 15) is 9.59 Å². The zero-order chi connectivity index (χ0) is 14.1.